The number of unbranched alkanes of at least 4 members (excludes halogenated alkanes) is 3. The summed E-state index contributed by atoms with van der Waals surface area (Å²) in [5, 5.41) is 1.11. The summed E-state index contributed by atoms with van der Waals surface area (Å²) in [7, 11) is 1.40. The number of fused-ring (bicyclic) bond motifs is 1. The molecule has 0 aliphatic heterocycles. The van der Waals surface area contributed by atoms with E-state index in [4.69, 9.17) is 13.9 Å². The van der Waals surface area contributed by atoms with E-state index in [0.29, 0.717) is 12.2 Å². The molecule has 216 valence electrons. The zero-order valence-corrected chi connectivity index (χ0v) is 27.0. The molecule has 42 heavy (non-hydrogen) atoms. The number of carbonyl (C=O) groups excluding carboxylic acids is 1. The molecule has 4 nitrogen and oxygen atoms in total. The Morgan fingerprint density at radius 3 is 2.17 bits per heavy atom. The smallest absolute Gasteiger partial charge is 0.347 e. The third kappa shape index (κ3) is 6.99. The van der Waals surface area contributed by atoms with Crippen LogP contribution in [0.5, 0.6) is 5.75 Å². The van der Waals surface area contributed by atoms with Crippen LogP contribution in [0.1, 0.15) is 50.4 Å². The summed E-state index contributed by atoms with van der Waals surface area (Å²) in [6.45, 7) is 2.17. The fraction of sp³-hybridized carbons (Fsp3) is 0.250. The minimum Gasteiger partial charge on any atom is -0.476 e. The predicted octanol–water partition coefficient (Wildman–Crippen LogP) is 10.8. The van der Waals surface area contributed by atoms with E-state index >= 15 is 0 Å². The summed E-state index contributed by atoms with van der Waals surface area (Å²) in [5.74, 6) is 1.19. The molecule has 0 radical (unpaired) electrons. The maximum absolute atomic E-state index is 12.4. The molecule has 6 heteroatoms. The molecule has 0 aliphatic carbocycles. The first kappa shape index (κ1) is 30.1. The second-order valence-corrected chi connectivity index (χ2v) is 12.1. The standard InChI is InChI=1S/C36H34Br2O4/c1-3-4-5-9-16-32(36(39)40-2)42-35-29(37)22-27(23-30(35)38)25-17-19-26(20-18-25)34-28-14-10-11-15-31(28)41-33(34)21-24-12-7-6-8-13-24/h6-8,10-15,17-20,22-23,32H,3-5,9,16,21H2,1-2H3. The fourth-order valence-electron chi connectivity index (χ4n) is 5.24. The summed E-state index contributed by atoms with van der Waals surface area (Å²) in [4.78, 5) is 12.4. The van der Waals surface area contributed by atoms with Crippen LogP contribution in [0.25, 0.3) is 33.2 Å². The minimum absolute atomic E-state index is 0.358. The Morgan fingerprint density at radius 1 is 0.810 bits per heavy atom. The average molecular weight is 690 g/mol. The molecule has 0 fully saturated rings. The molecule has 1 heterocycles. The van der Waals surface area contributed by atoms with E-state index in [1.807, 2.05) is 30.3 Å². The molecule has 0 saturated carbocycles. The van der Waals surface area contributed by atoms with E-state index in [0.717, 1.165) is 80.0 Å². The zero-order valence-electron chi connectivity index (χ0n) is 23.9. The van der Waals surface area contributed by atoms with Crippen molar-refractivity contribution < 1.29 is 18.7 Å². The number of furan rings is 1. The molecule has 4 aromatic carbocycles. The second kappa shape index (κ2) is 14.2. The van der Waals surface area contributed by atoms with E-state index in [1.165, 1.54) is 12.7 Å². The van der Waals surface area contributed by atoms with Crippen LogP contribution in [0.3, 0.4) is 0 Å². The third-order valence-corrected chi connectivity index (χ3v) is 8.60. The summed E-state index contributed by atoms with van der Waals surface area (Å²) >= 11 is 7.37. The molecule has 1 unspecified atom stereocenters. The molecule has 1 atom stereocenters. The summed E-state index contributed by atoms with van der Waals surface area (Å²) in [6, 6.07) is 31.2. The van der Waals surface area contributed by atoms with Crippen molar-refractivity contribution in [3.05, 3.63) is 111 Å². The molecule has 5 rings (SSSR count). The van der Waals surface area contributed by atoms with Crippen molar-refractivity contribution in [2.45, 2.75) is 51.6 Å². The summed E-state index contributed by atoms with van der Waals surface area (Å²) in [5.41, 5.74) is 6.42. The number of esters is 1. The molecule has 0 bridgehead atoms. The second-order valence-electron chi connectivity index (χ2n) is 10.4. The van der Waals surface area contributed by atoms with E-state index in [-0.39, 0.29) is 5.97 Å². The lowest BCUT2D eigenvalue weighted by molar-refractivity contribution is -0.149. The number of para-hydroxylation sites is 1. The number of hydrogen-bond acceptors (Lipinski definition) is 4. The number of halogens is 2. The van der Waals surface area contributed by atoms with Crippen molar-refractivity contribution in [2.24, 2.45) is 0 Å². The van der Waals surface area contributed by atoms with E-state index in [9.17, 15) is 4.79 Å². The van der Waals surface area contributed by atoms with Gasteiger partial charge in [0.15, 0.2) is 6.10 Å². The largest absolute Gasteiger partial charge is 0.476 e. The lowest BCUT2D eigenvalue weighted by atomic mass is 9.96. The van der Waals surface area contributed by atoms with Gasteiger partial charge in [-0.25, -0.2) is 4.79 Å². The predicted molar refractivity (Wildman–Crippen MR) is 177 cm³/mol. The first-order valence-electron chi connectivity index (χ1n) is 14.4. The topological polar surface area (TPSA) is 48.7 Å². The van der Waals surface area contributed by atoms with Gasteiger partial charge in [-0.15, -0.1) is 0 Å². The first-order valence-corrected chi connectivity index (χ1v) is 16.0. The van der Waals surface area contributed by atoms with Crippen LogP contribution in [-0.2, 0) is 16.0 Å². The Kier molecular flexibility index (Phi) is 10.2. The molecule has 0 N–H and O–H groups in total. The van der Waals surface area contributed by atoms with Gasteiger partial charge in [-0.3, -0.25) is 0 Å². The Balaban J connectivity index is 1.41. The Morgan fingerprint density at radius 2 is 1.48 bits per heavy atom. The molecular formula is C36H34Br2O4. The van der Waals surface area contributed by atoms with Gasteiger partial charge in [-0.05, 0) is 85.2 Å². The Hall–Kier alpha value is -3.35. The van der Waals surface area contributed by atoms with Crippen LogP contribution in [-0.4, -0.2) is 19.2 Å². The molecule has 0 aliphatic rings. The normalized spacial score (nSPS) is 11.9. The highest BCUT2D eigenvalue weighted by molar-refractivity contribution is 9.11. The van der Waals surface area contributed by atoms with Crippen molar-refractivity contribution in [3.8, 4) is 28.0 Å². The monoisotopic (exact) mass is 688 g/mol. The van der Waals surface area contributed by atoms with Gasteiger partial charge < -0.3 is 13.9 Å². The highest BCUT2D eigenvalue weighted by atomic mass is 79.9. The molecule has 1 aromatic heterocycles. The Bertz CT molecular complexity index is 1620. The van der Waals surface area contributed by atoms with Crippen LogP contribution < -0.4 is 4.74 Å². The van der Waals surface area contributed by atoms with E-state index < -0.39 is 6.10 Å². The molecule has 5 aromatic rings. The number of methoxy groups -OCH3 is 1. The quantitative estimate of drug-likeness (QED) is 0.0966. The van der Waals surface area contributed by atoms with Crippen LogP contribution in [0.2, 0.25) is 0 Å². The van der Waals surface area contributed by atoms with Crippen LogP contribution in [0.4, 0.5) is 0 Å². The van der Waals surface area contributed by atoms with Crippen molar-refractivity contribution in [1.29, 1.82) is 0 Å². The molecular weight excluding hydrogens is 656 g/mol. The van der Waals surface area contributed by atoms with Crippen LogP contribution in [0, 0.1) is 0 Å². The highest BCUT2D eigenvalue weighted by Gasteiger charge is 2.24. The number of hydrogen-bond donors (Lipinski definition) is 0. The lowest BCUT2D eigenvalue weighted by Gasteiger charge is -2.19. The SMILES string of the molecule is CCCCCCC(Oc1c(Br)cc(-c2ccc(-c3c(Cc4ccccc4)oc4ccccc34)cc2)cc1Br)C(=O)OC. The fourth-order valence-corrected chi connectivity index (χ4v) is 6.62. The zero-order chi connectivity index (χ0) is 29.5. The number of carbonyl (C=O) groups is 1. The lowest BCUT2D eigenvalue weighted by Crippen LogP contribution is -2.28. The highest BCUT2D eigenvalue weighted by Crippen LogP contribution is 2.41. The van der Waals surface area contributed by atoms with Crippen molar-refractivity contribution in [1.82, 2.24) is 0 Å². The van der Waals surface area contributed by atoms with Gasteiger partial charge in [-0.2, -0.15) is 0 Å². The number of benzene rings is 4. The van der Waals surface area contributed by atoms with Crippen molar-refractivity contribution in [3.63, 3.8) is 0 Å². The van der Waals surface area contributed by atoms with Gasteiger partial charge in [0.25, 0.3) is 0 Å². The molecule has 0 amide bonds. The van der Waals surface area contributed by atoms with Gasteiger partial charge in [0, 0.05) is 17.4 Å². The van der Waals surface area contributed by atoms with Crippen LogP contribution in [0.15, 0.2) is 104 Å². The average Bonchev–Trinajstić information content (AvgIpc) is 3.37. The van der Waals surface area contributed by atoms with Gasteiger partial charge in [0.2, 0.25) is 0 Å². The van der Waals surface area contributed by atoms with Crippen LogP contribution >= 0.6 is 31.9 Å². The first-order chi connectivity index (χ1) is 20.5. The minimum atomic E-state index is -0.653. The van der Waals surface area contributed by atoms with E-state index in [2.05, 4.69) is 99.4 Å². The number of ether oxygens (including phenoxy) is 2. The van der Waals surface area contributed by atoms with Crippen molar-refractivity contribution >= 4 is 48.8 Å². The van der Waals surface area contributed by atoms with Gasteiger partial charge in [-0.1, -0.05) is 99.0 Å². The maximum Gasteiger partial charge on any atom is 0.347 e. The third-order valence-electron chi connectivity index (χ3n) is 7.43. The van der Waals surface area contributed by atoms with Crippen molar-refractivity contribution in [2.75, 3.05) is 7.11 Å². The number of rotatable bonds is 12. The Labute approximate surface area is 264 Å². The summed E-state index contributed by atoms with van der Waals surface area (Å²) < 4.78 is 19.1. The van der Waals surface area contributed by atoms with Gasteiger partial charge >= 0.3 is 5.97 Å². The molecule has 0 spiro atoms. The van der Waals surface area contributed by atoms with Gasteiger partial charge in [0.05, 0.1) is 16.1 Å². The maximum atomic E-state index is 12.4. The molecule has 0 saturated heterocycles. The van der Waals surface area contributed by atoms with E-state index in [1.54, 1.807) is 0 Å². The van der Waals surface area contributed by atoms with Gasteiger partial charge in [0.1, 0.15) is 17.1 Å². The summed E-state index contributed by atoms with van der Waals surface area (Å²) in [6.07, 6.45) is 4.93.